The Balaban J connectivity index is 1.79. The Kier molecular flexibility index (Phi) is 5.85. The van der Waals surface area contributed by atoms with Crippen LogP contribution in [0, 0.1) is 5.92 Å². The number of amides is 2. The fourth-order valence-corrected chi connectivity index (χ4v) is 3.40. The van der Waals surface area contributed by atoms with Gasteiger partial charge in [0, 0.05) is 6.04 Å². The van der Waals surface area contributed by atoms with E-state index in [1.54, 1.807) is 0 Å². The number of carbonyl (C=O) groups excluding carboxylic acids is 1. The fraction of sp³-hybridized carbons (Fsp3) is 0.867. The van der Waals surface area contributed by atoms with Gasteiger partial charge in [-0.1, -0.05) is 25.7 Å². The highest BCUT2D eigenvalue weighted by atomic mass is 16.4. The molecule has 0 bridgehead atoms. The zero-order valence-electron chi connectivity index (χ0n) is 12.4. The summed E-state index contributed by atoms with van der Waals surface area (Å²) in [4.78, 5) is 23.1. The lowest BCUT2D eigenvalue weighted by atomic mass is 9.86. The lowest BCUT2D eigenvalue weighted by molar-refractivity contribution is -0.143. The molecule has 4 N–H and O–H groups in total. The molecule has 6 heteroatoms. The second-order valence-corrected chi connectivity index (χ2v) is 6.33. The van der Waals surface area contributed by atoms with E-state index in [0.29, 0.717) is 12.8 Å². The Morgan fingerprint density at radius 2 is 1.67 bits per heavy atom. The van der Waals surface area contributed by atoms with Crippen LogP contribution < -0.4 is 10.6 Å². The van der Waals surface area contributed by atoms with E-state index in [4.69, 9.17) is 5.11 Å². The predicted octanol–water partition coefficient (Wildman–Crippen LogP) is 1.62. The summed E-state index contributed by atoms with van der Waals surface area (Å²) in [7, 11) is 0. The zero-order valence-corrected chi connectivity index (χ0v) is 12.4. The fourth-order valence-electron chi connectivity index (χ4n) is 3.40. The molecular weight excluding hydrogens is 272 g/mol. The highest BCUT2D eigenvalue weighted by Crippen LogP contribution is 2.24. The molecule has 120 valence electrons. The summed E-state index contributed by atoms with van der Waals surface area (Å²) >= 11 is 0. The van der Waals surface area contributed by atoms with Crippen molar-refractivity contribution in [1.29, 1.82) is 0 Å². The molecule has 0 heterocycles. The molecule has 21 heavy (non-hydrogen) atoms. The molecule has 0 radical (unpaired) electrons. The average Bonchev–Trinajstić information content (AvgIpc) is 2.64. The molecule has 0 aromatic heterocycles. The van der Waals surface area contributed by atoms with Crippen LogP contribution >= 0.6 is 0 Å². The molecule has 2 saturated carbocycles. The first-order valence-corrected chi connectivity index (χ1v) is 8.04. The normalized spacial score (nSPS) is 33.8. The number of aliphatic hydroxyl groups is 1. The second kappa shape index (κ2) is 7.64. The van der Waals surface area contributed by atoms with E-state index in [2.05, 4.69) is 10.6 Å². The number of hydrogen-bond donors (Lipinski definition) is 4. The van der Waals surface area contributed by atoms with Crippen LogP contribution in [0.3, 0.4) is 0 Å². The number of hydrogen-bond acceptors (Lipinski definition) is 3. The molecule has 4 atom stereocenters. The van der Waals surface area contributed by atoms with Gasteiger partial charge in [0.1, 0.15) is 0 Å². The minimum Gasteiger partial charge on any atom is -0.481 e. The first kappa shape index (κ1) is 16.1. The van der Waals surface area contributed by atoms with Gasteiger partial charge in [-0.15, -0.1) is 0 Å². The molecule has 0 saturated heterocycles. The maximum atomic E-state index is 12.0. The largest absolute Gasteiger partial charge is 0.481 e. The van der Waals surface area contributed by atoms with Gasteiger partial charge in [-0.3, -0.25) is 4.79 Å². The highest BCUT2D eigenvalue weighted by molar-refractivity contribution is 5.75. The van der Waals surface area contributed by atoms with Crippen molar-refractivity contribution in [3.05, 3.63) is 0 Å². The van der Waals surface area contributed by atoms with Crippen molar-refractivity contribution in [2.45, 2.75) is 76.0 Å². The van der Waals surface area contributed by atoms with Gasteiger partial charge in [0.25, 0.3) is 0 Å². The molecule has 6 nitrogen and oxygen atoms in total. The van der Waals surface area contributed by atoms with Gasteiger partial charge >= 0.3 is 12.0 Å². The van der Waals surface area contributed by atoms with Crippen LogP contribution in [0.15, 0.2) is 0 Å². The van der Waals surface area contributed by atoms with Crippen molar-refractivity contribution in [2.24, 2.45) is 5.92 Å². The summed E-state index contributed by atoms with van der Waals surface area (Å²) < 4.78 is 0. The van der Waals surface area contributed by atoms with Gasteiger partial charge in [0.2, 0.25) is 0 Å². The summed E-state index contributed by atoms with van der Waals surface area (Å²) in [6, 6.07) is -0.550. The van der Waals surface area contributed by atoms with E-state index in [1.165, 1.54) is 0 Å². The number of urea groups is 1. The Morgan fingerprint density at radius 1 is 0.905 bits per heavy atom. The third kappa shape index (κ3) is 4.88. The molecule has 0 aromatic carbocycles. The quantitative estimate of drug-likeness (QED) is 0.595. The first-order chi connectivity index (χ1) is 10.1. The standard InChI is InChI=1S/C15H26N2O4/c18-13-8-3-1-2-7-12(13)17-15(21)16-11-6-4-5-10(9-11)14(19)20/h10-13,18H,1-9H2,(H,19,20)(H2,16,17,21). The number of carboxylic acid groups (broad SMARTS) is 1. The van der Waals surface area contributed by atoms with E-state index >= 15 is 0 Å². The lowest BCUT2D eigenvalue weighted by Gasteiger charge is -2.29. The Bertz CT molecular complexity index is 375. The van der Waals surface area contributed by atoms with Gasteiger partial charge in [0.15, 0.2) is 0 Å². The molecule has 0 aromatic rings. The Labute approximate surface area is 125 Å². The van der Waals surface area contributed by atoms with Crippen LogP contribution in [0.5, 0.6) is 0 Å². The first-order valence-electron chi connectivity index (χ1n) is 8.04. The minimum absolute atomic E-state index is 0.0808. The molecule has 4 unspecified atom stereocenters. The van der Waals surface area contributed by atoms with Crippen molar-refractivity contribution >= 4 is 12.0 Å². The number of rotatable bonds is 3. The second-order valence-electron chi connectivity index (χ2n) is 6.33. The van der Waals surface area contributed by atoms with Crippen molar-refractivity contribution in [3.8, 4) is 0 Å². The summed E-state index contributed by atoms with van der Waals surface area (Å²) in [5.41, 5.74) is 0. The molecule has 2 rings (SSSR count). The van der Waals surface area contributed by atoms with Crippen molar-refractivity contribution in [3.63, 3.8) is 0 Å². The maximum absolute atomic E-state index is 12.0. The Morgan fingerprint density at radius 3 is 2.43 bits per heavy atom. The molecular formula is C15H26N2O4. The van der Waals surface area contributed by atoms with Crippen LogP contribution in [0.4, 0.5) is 4.79 Å². The number of carboxylic acids is 1. The van der Waals surface area contributed by atoms with E-state index in [0.717, 1.165) is 44.9 Å². The van der Waals surface area contributed by atoms with Gasteiger partial charge in [-0.2, -0.15) is 0 Å². The number of nitrogens with one attached hydrogen (secondary N) is 2. The van der Waals surface area contributed by atoms with E-state index in [9.17, 15) is 14.7 Å². The molecule has 2 aliphatic carbocycles. The van der Waals surface area contributed by atoms with Crippen molar-refractivity contribution in [1.82, 2.24) is 10.6 Å². The molecule has 2 aliphatic rings. The summed E-state index contributed by atoms with van der Waals surface area (Å²) in [6.07, 6.45) is 7.02. The smallest absolute Gasteiger partial charge is 0.315 e. The number of aliphatic carboxylic acids is 1. The number of aliphatic hydroxyl groups excluding tert-OH is 1. The van der Waals surface area contributed by atoms with Crippen molar-refractivity contribution < 1.29 is 19.8 Å². The van der Waals surface area contributed by atoms with Gasteiger partial charge in [-0.25, -0.2) is 4.79 Å². The molecule has 0 aliphatic heterocycles. The minimum atomic E-state index is -0.777. The van der Waals surface area contributed by atoms with Gasteiger partial charge in [0.05, 0.1) is 18.1 Å². The molecule has 2 amide bonds. The molecule has 2 fully saturated rings. The summed E-state index contributed by atoms with van der Waals surface area (Å²) in [5, 5.41) is 24.8. The summed E-state index contributed by atoms with van der Waals surface area (Å²) in [5.74, 6) is -1.13. The van der Waals surface area contributed by atoms with Crippen LogP contribution in [0.1, 0.15) is 57.8 Å². The highest BCUT2D eigenvalue weighted by Gasteiger charge is 2.29. The lowest BCUT2D eigenvalue weighted by Crippen LogP contribution is -2.51. The van der Waals surface area contributed by atoms with E-state index in [-0.39, 0.29) is 24.0 Å². The van der Waals surface area contributed by atoms with Gasteiger partial charge in [-0.05, 0) is 32.1 Å². The van der Waals surface area contributed by atoms with Crippen molar-refractivity contribution in [2.75, 3.05) is 0 Å². The Hall–Kier alpha value is -1.30. The monoisotopic (exact) mass is 298 g/mol. The number of carbonyl (C=O) groups is 2. The maximum Gasteiger partial charge on any atom is 0.315 e. The van der Waals surface area contributed by atoms with Crippen LogP contribution in [0.2, 0.25) is 0 Å². The third-order valence-electron chi connectivity index (χ3n) is 4.65. The third-order valence-corrected chi connectivity index (χ3v) is 4.65. The topological polar surface area (TPSA) is 98.7 Å². The average molecular weight is 298 g/mol. The zero-order chi connectivity index (χ0) is 15.2. The SMILES string of the molecule is O=C(NC1CCCC(C(=O)O)C1)NC1CCCCCC1O. The predicted molar refractivity (Wildman–Crippen MR) is 77.9 cm³/mol. The molecule has 0 spiro atoms. The van der Waals surface area contributed by atoms with Gasteiger partial charge < -0.3 is 20.8 Å². The van der Waals surface area contributed by atoms with E-state index in [1.807, 2.05) is 0 Å². The summed E-state index contributed by atoms with van der Waals surface area (Å²) in [6.45, 7) is 0. The van der Waals surface area contributed by atoms with Crippen LogP contribution in [0.25, 0.3) is 0 Å². The van der Waals surface area contributed by atoms with Crippen LogP contribution in [-0.2, 0) is 4.79 Å². The van der Waals surface area contributed by atoms with Crippen LogP contribution in [-0.4, -0.2) is 40.4 Å². The van der Waals surface area contributed by atoms with E-state index < -0.39 is 12.1 Å².